The Morgan fingerprint density at radius 3 is 2.96 bits per heavy atom. The molecule has 0 spiro atoms. The molecule has 1 aliphatic heterocycles. The Kier molecular flexibility index (Phi) is 4.34. The van der Waals surface area contributed by atoms with Gasteiger partial charge in [-0.1, -0.05) is 13.0 Å². The fourth-order valence-electron chi connectivity index (χ4n) is 2.45. The van der Waals surface area contributed by atoms with Gasteiger partial charge in [-0.25, -0.2) is 4.98 Å². The van der Waals surface area contributed by atoms with Crippen LogP contribution in [0.25, 0.3) is 5.57 Å². The van der Waals surface area contributed by atoms with E-state index in [0.29, 0.717) is 17.2 Å². The van der Waals surface area contributed by atoms with Gasteiger partial charge in [0.1, 0.15) is 22.4 Å². The summed E-state index contributed by atoms with van der Waals surface area (Å²) in [5, 5.41) is 21.3. The number of aryl methyl sites for hydroxylation is 1. The summed E-state index contributed by atoms with van der Waals surface area (Å²) < 4.78 is 5.65. The Bertz CT molecular complexity index is 767. The molecule has 23 heavy (non-hydrogen) atoms. The standard InChI is InChI=1S/C17H19N3O2S/c1-3-7-22-13-6-4-5-12(8-13)20-9-14(21)15(16(20)18)17-19-11(2)10-23-17/h4-6,8,10,18,21H,3,7,9H2,1-2H3. The van der Waals surface area contributed by atoms with Crippen LogP contribution >= 0.6 is 11.3 Å². The van der Waals surface area contributed by atoms with Crippen LogP contribution in [-0.4, -0.2) is 29.1 Å². The quantitative estimate of drug-likeness (QED) is 0.869. The number of hydrogen-bond acceptors (Lipinski definition) is 5. The summed E-state index contributed by atoms with van der Waals surface area (Å²) in [5.41, 5.74) is 2.24. The first kappa shape index (κ1) is 15.6. The molecule has 0 bridgehead atoms. The van der Waals surface area contributed by atoms with Gasteiger partial charge in [0.2, 0.25) is 0 Å². The zero-order valence-electron chi connectivity index (χ0n) is 13.2. The van der Waals surface area contributed by atoms with E-state index < -0.39 is 0 Å². The van der Waals surface area contributed by atoms with Gasteiger partial charge in [0.25, 0.3) is 0 Å². The van der Waals surface area contributed by atoms with E-state index in [9.17, 15) is 5.11 Å². The number of benzene rings is 1. The Balaban J connectivity index is 1.85. The fourth-order valence-corrected chi connectivity index (χ4v) is 3.32. The first-order valence-corrected chi connectivity index (χ1v) is 8.42. The highest BCUT2D eigenvalue weighted by Crippen LogP contribution is 2.33. The fraction of sp³-hybridized carbons (Fsp3) is 0.294. The molecule has 120 valence electrons. The molecule has 1 aliphatic rings. The minimum absolute atomic E-state index is 0.184. The lowest BCUT2D eigenvalue weighted by molar-refractivity contribution is 0.317. The van der Waals surface area contributed by atoms with Gasteiger partial charge in [-0.05, 0) is 25.5 Å². The number of amidine groups is 1. The third-order valence-electron chi connectivity index (χ3n) is 3.54. The van der Waals surface area contributed by atoms with Crippen molar-refractivity contribution in [3.63, 3.8) is 0 Å². The minimum Gasteiger partial charge on any atom is -0.510 e. The lowest BCUT2D eigenvalue weighted by Crippen LogP contribution is -2.26. The maximum absolute atomic E-state index is 10.3. The number of aliphatic hydroxyl groups excluding tert-OH is 1. The van der Waals surface area contributed by atoms with Crippen LogP contribution < -0.4 is 9.64 Å². The molecule has 6 heteroatoms. The average Bonchev–Trinajstić information content (AvgIpc) is 3.08. The molecule has 1 aromatic carbocycles. The lowest BCUT2D eigenvalue weighted by atomic mass is 10.2. The Morgan fingerprint density at radius 1 is 1.43 bits per heavy atom. The molecule has 2 heterocycles. The molecule has 5 nitrogen and oxygen atoms in total. The SMILES string of the molecule is CCCOc1cccc(N2CC(O)=C(c3nc(C)cs3)C2=N)c1. The van der Waals surface area contributed by atoms with E-state index in [4.69, 9.17) is 10.1 Å². The second-order valence-electron chi connectivity index (χ2n) is 5.40. The van der Waals surface area contributed by atoms with Crippen LogP contribution in [0, 0.1) is 12.3 Å². The zero-order valence-corrected chi connectivity index (χ0v) is 14.0. The molecule has 0 fully saturated rings. The van der Waals surface area contributed by atoms with E-state index in [0.717, 1.165) is 23.6 Å². The van der Waals surface area contributed by atoms with Crippen molar-refractivity contribution in [2.24, 2.45) is 0 Å². The molecule has 2 aromatic rings. The molecular weight excluding hydrogens is 310 g/mol. The predicted octanol–water partition coefficient (Wildman–Crippen LogP) is 4.01. The number of anilines is 1. The van der Waals surface area contributed by atoms with Crippen molar-refractivity contribution in [1.82, 2.24) is 4.98 Å². The van der Waals surface area contributed by atoms with Gasteiger partial charge in [0.15, 0.2) is 0 Å². The number of ether oxygens (including phenoxy) is 1. The van der Waals surface area contributed by atoms with Crippen molar-refractivity contribution >= 4 is 28.4 Å². The predicted molar refractivity (Wildman–Crippen MR) is 93.7 cm³/mol. The van der Waals surface area contributed by atoms with Gasteiger partial charge in [-0.3, -0.25) is 5.41 Å². The van der Waals surface area contributed by atoms with Crippen molar-refractivity contribution in [2.45, 2.75) is 20.3 Å². The number of nitrogens with one attached hydrogen (secondary N) is 1. The molecule has 0 saturated carbocycles. The first-order valence-electron chi connectivity index (χ1n) is 7.54. The highest BCUT2D eigenvalue weighted by molar-refractivity contribution is 7.11. The van der Waals surface area contributed by atoms with Gasteiger partial charge >= 0.3 is 0 Å². The third-order valence-corrected chi connectivity index (χ3v) is 4.52. The monoisotopic (exact) mass is 329 g/mol. The topological polar surface area (TPSA) is 69.4 Å². The molecule has 3 rings (SSSR count). The molecule has 0 aliphatic carbocycles. The Morgan fingerprint density at radius 2 is 2.26 bits per heavy atom. The van der Waals surface area contributed by atoms with Crippen molar-refractivity contribution < 1.29 is 9.84 Å². The number of rotatable bonds is 5. The largest absolute Gasteiger partial charge is 0.510 e. The Labute approximate surface area is 139 Å². The summed E-state index contributed by atoms with van der Waals surface area (Å²) in [6.07, 6.45) is 0.944. The highest BCUT2D eigenvalue weighted by Gasteiger charge is 2.31. The summed E-state index contributed by atoms with van der Waals surface area (Å²) in [6, 6.07) is 7.61. The number of aromatic nitrogens is 1. The van der Waals surface area contributed by atoms with Crippen molar-refractivity contribution in [2.75, 3.05) is 18.1 Å². The van der Waals surface area contributed by atoms with E-state index in [1.165, 1.54) is 11.3 Å². The molecule has 0 amide bonds. The third kappa shape index (κ3) is 3.07. The molecule has 0 unspecified atom stereocenters. The Hall–Kier alpha value is -2.34. The first-order chi connectivity index (χ1) is 11.1. The summed E-state index contributed by atoms with van der Waals surface area (Å²) in [6.45, 7) is 4.91. The van der Waals surface area contributed by atoms with Crippen LogP contribution in [0.3, 0.4) is 0 Å². The number of hydrogen-bond donors (Lipinski definition) is 2. The summed E-state index contributed by atoms with van der Waals surface area (Å²) >= 11 is 1.44. The number of thiazole rings is 1. The van der Waals surface area contributed by atoms with Crippen molar-refractivity contribution in [3.8, 4) is 5.75 Å². The van der Waals surface area contributed by atoms with Gasteiger partial charge in [-0.2, -0.15) is 0 Å². The van der Waals surface area contributed by atoms with Crippen LogP contribution in [0.2, 0.25) is 0 Å². The molecule has 0 radical (unpaired) electrons. The summed E-state index contributed by atoms with van der Waals surface area (Å²) in [5.74, 6) is 1.23. The molecule has 1 aromatic heterocycles. The maximum Gasteiger partial charge on any atom is 0.139 e. The van der Waals surface area contributed by atoms with E-state index in [1.54, 1.807) is 4.90 Å². The zero-order chi connectivity index (χ0) is 16.4. The number of aliphatic hydroxyl groups is 1. The highest BCUT2D eigenvalue weighted by atomic mass is 32.1. The maximum atomic E-state index is 10.3. The lowest BCUT2D eigenvalue weighted by Gasteiger charge is -2.19. The van der Waals surface area contributed by atoms with Gasteiger partial charge in [0.05, 0.1) is 18.7 Å². The van der Waals surface area contributed by atoms with Crippen molar-refractivity contribution in [3.05, 3.63) is 46.1 Å². The second-order valence-corrected chi connectivity index (χ2v) is 6.25. The summed E-state index contributed by atoms with van der Waals surface area (Å²) in [4.78, 5) is 6.15. The second kappa shape index (κ2) is 6.42. The smallest absolute Gasteiger partial charge is 0.139 e. The van der Waals surface area contributed by atoms with Crippen LogP contribution in [0.1, 0.15) is 24.0 Å². The average molecular weight is 329 g/mol. The van der Waals surface area contributed by atoms with Crippen LogP contribution in [0.5, 0.6) is 5.75 Å². The molecule has 0 saturated heterocycles. The normalized spacial score (nSPS) is 14.7. The van der Waals surface area contributed by atoms with Gasteiger partial charge in [-0.15, -0.1) is 11.3 Å². The van der Waals surface area contributed by atoms with E-state index in [-0.39, 0.29) is 18.1 Å². The molecule has 0 atom stereocenters. The van der Waals surface area contributed by atoms with Crippen LogP contribution in [0.4, 0.5) is 5.69 Å². The van der Waals surface area contributed by atoms with Crippen LogP contribution in [-0.2, 0) is 0 Å². The van der Waals surface area contributed by atoms with E-state index >= 15 is 0 Å². The minimum atomic E-state index is 0.184. The molecular formula is C17H19N3O2S. The van der Waals surface area contributed by atoms with E-state index in [1.807, 2.05) is 36.6 Å². The summed E-state index contributed by atoms with van der Waals surface area (Å²) in [7, 11) is 0. The number of nitrogens with zero attached hydrogens (tertiary/aromatic N) is 2. The van der Waals surface area contributed by atoms with E-state index in [2.05, 4.69) is 11.9 Å². The van der Waals surface area contributed by atoms with Crippen LogP contribution in [0.15, 0.2) is 35.4 Å². The van der Waals surface area contributed by atoms with Gasteiger partial charge in [0, 0.05) is 22.8 Å². The van der Waals surface area contributed by atoms with Gasteiger partial charge < -0.3 is 14.7 Å². The van der Waals surface area contributed by atoms with Crippen molar-refractivity contribution in [1.29, 1.82) is 5.41 Å². The molecule has 2 N–H and O–H groups in total.